The van der Waals surface area contributed by atoms with Gasteiger partial charge in [-0.15, -0.1) is 0 Å². The summed E-state index contributed by atoms with van der Waals surface area (Å²) in [7, 11) is 0. The minimum atomic E-state index is -0.366. The van der Waals surface area contributed by atoms with Crippen LogP contribution in [0.25, 0.3) is 0 Å². The molecule has 0 spiro atoms. The Balaban J connectivity index is 0. The molecular weight excluding hydrogens is 205 g/mol. The topological polar surface area (TPSA) is 26.3 Å². The van der Waals surface area contributed by atoms with Crippen molar-refractivity contribution in [1.82, 2.24) is 0 Å². The van der Waals surface area contributed by atoms with Gasteiger partial charge in [0.25, 0.3) is 5.97 Å². The van der Waals surface area contributed by atoms with Crippen LogP contribution in [0.5, 0.6) is 0 Å². The smallest absolute Gasteiger partial charge is 0.275 e. The number of rotatable bonds is 1. The number of ether oxygens (including phenoxy) is 1. The molecule has 0 aromatic carbocycles. The van der Waals surface area contributed by atoms with Gasteiger partial charge >= 0.3 is 0 Å². The van der Waals surface area contributed by atoms with Gasteiger partial charge in [0.15, 0.2) is 0 Å². The number of carbonyl (C=O) groups is 1. The maximum atomic E-state index is 10.5. The first-order valence-electron chi connectivity index (χ1n) is 2.97. The van der Waals surface area contributed by atoms with Crippen molar-refractivity contribution >= 4 is 5.97 Å². The Morgan fingerprint density at radius 3 is 2.00 bits per heavy atom. The monoisotopic (exact) mass is 218 g/mol. The van der Waals surface area contributed by atoms with E-state index in [1.165, 1.54) is 0 Å². The Labute approximate surface area is 87.6 Å². The Kier molecular flexibility index (Phi) is 6.93. The molecule has 2 nitrogen and oxygen atoms in total. The van der Waals surface area contributed by atoms with Crippen molar-refractivity contribution in [3.8, 4) is 0 Å². The number of hydrogen-bond donors (Lipinski definition) is 0. The largest absolute Gasteiger partial charge is 0.462 e. The van der Waals surface area contributed by atoms with E-state index in [0.717, 1.165) is 0 Å². The molecule has 10 heavy (non-hydrogen) atoms. The maximum absolute atomic E-state index is 10.5. The van der Waals surface area contributed by atoms with E-state index in [1.807, 2.05) is 20.8 Å². The second-order valence-corrected chi connectivity index (χ2v) is 2.84. The van der Waals surface area contributed by atoms with Crippen molar-refractivity contribution in [2.45, 2.75) is 32.8 Å². The molecule has 0 aliphatic heterocycles. The molecule has 0 saturated heterocycles. The molecule has 0 amide bonds. The van der Waals surface area contributed by atoms with Crippen molar-refractivity contribution in [1.29, 1.82) is 0 Å². The van der Waals surface area contributed by atoms with Gasteiger partial charge < -0.3 is 11.7 Å². The first kappa shape index (κ1) is 13.2. The van der Waals surface area contributed by atoms with Crippen LogP contribution >= 0.6 is 0 Å². The van der Waals surface area contributed by atoms with Gasteiger partial charge in [-0.1, -0.05) is 6.42 Å². The number of carbonyl (C=O) groups excluding carboxylic acids is 1. The summed E-state index contributed by atoms with van der Waals surface area (Å²) in [5.41, 5.74) is -0.366. The average molecular weight is 218 g/mol. The molecule has 3 heteroatoms. The average Bonchev–Trinajstić information content (AvgIpc) is 1.62. The second kappa shape index (κ2) is 5.25. The fourth-order valence-corrected chi connectivity index (χ4v) is 0.393. The van der Waals surface area contributed by atoms with Crippen LogP contribution in [0.1, 0.15) is 27.2 Å². The van der Waals surface area contributed by atoms with Crippen LogP contribution in [0.3, 0.4) is 0 Å². The van der Waals surface area contributed by atoms with Crippen molar-refractivity contribution in [2.75, 3.05) is 0 Å². The van der Waals surface area contributed by atoms with Gasteiger partial charge in [-0.25, -0.2) is 0 Å². The summed E-state index contributed by atoms with van der Waals surface area (Å²) < 4.78 is 4.89. The van der Waals surface area contributed by atoms with Crippen LogP contribution in [-0.4, -0.2) is 11.6 Å². The molecule has 1 radical (unpaired) electrons. The van der Waals surface area contributed by atoms with Crippen LogP contribution in [-0.2, 0) is 42.2 Å². The van der Waals surface area contributed by atoms with Gasteiger partial charge in [-0.3, -0.25) is 4.79 Å². The molecule has 0 heterocycles. The fourth-order valence-electron chi connectivity index (χ4n) is 0.393. The van der Waals surface area contributed by atoms with E-state index < -0.39 is 0 Å². The van der Waals surface area contributed by atoms with E-state index in [4.69, 9.17) is 4.74 Å². The molecule has 0 aliphatic rings. The van der Waals surface area contributed by atoms with Crippen molar-refractivity contribution < 1.29 is 42.2 Å². The Hall–Kier alpha value is 0.574. The molecule has 0 rings (SSSR count). The van der Waals surface area contributed by atoms with E-state index in [0.29, 0.717) is 0 Å². The predicted molar refractivity (Wildman–Crippen MR) is 35.8 cm³/mol. The van der Waals surface area contributed by atoms with Gasteiger partial charge in [0.05, 0.1) is 0 Å². The zero-order valence-corrected chi connectivity index (χ0v) is 9.65. The molecule has 0 atom stereocenters. The van der Waals surface area contributed by atoms with E-state index in [1.54, 1.807) is 0 Å². The van der Waals surface area contributed by atoms with Crippen LogP contribution in [0.4, 0.5) is 0 Å². The summed E-state index contributed by atoms with van der Waals surface area (Å²) in [5.74, 6) is -0.248. The third-order valence-electron chi connectivity index (χ3n) is 0.624. The van der Waals surface area contributed by atoms with Gasteiger partial charge in [0.2, 0.25) is 0 Å². The first-order chi connectivity index (χ1) is 3.95. The summed E-state index contributed by atoms with van der Waals surface area (Å²) >= 11 is 0. The summed E-state index contributed by atoms with van der Waals surface area (Å²) in [6, 6.07) is 0. The third-order valence-corrected chi connectivity index (χ3v) is 0.624. The van der Waals surface area contributed by atoms with Crippen molar-refractivity contribution in [3.63, 3.8) is 0 Å². The summed E-state index contributed by atoms with van der Waals surface area (Å²) in [5, 5.41) is 0. The van der Waals surface area contributed by atoms with Gasteiger partial charge in [0, 0.05) is 32.7 Å². The molecule has 0 unspecified atom stereocenters. The van der Waals surface area contributed by atoms with Gasteiger partial charge in [-0.05, 0) is 20.8 Å². The fraction of sp³-hybridized carbons (Fsp3) is 0.714. The van der Waals surface area contributed by atoms with Crippen LogP contribution < -0.4 is 0 Å². The number of esters is 1. The maximum Gasteiger partial charge on any atom is 0.275 e. The van der Waals surface area contributed by atoms with Crippen LogP contribution in [0.15, 0.2) is 0 Å². The van der Waals surface area contributed by atoms with Gasteiger partial charge in [-0.2, -0.15) is 0 Å². The normalized spacial score (nSPS) is 10.0. The quantitative estimate of drug-likeness (QED) is 0.493. The molecule has 0 bridgehead atoms. The molecule has 0 saturated carbocycles. The zero-order valence-electron chi connectivity index (χ0n) is 6.81. The Morgan fingerprint density at radius 2 is 1.90 bits per heavy atom. The Morgan fingerprint density at radius 1 is 1.50 bits per heavy atom. The Bertz CT molecular complexity index is 105. The zero-order chi connectivity index (χ0) is 7.49. The summed E-state index contributed by atoms with van der Waals surface area (Å²) in [6.07, 6.45) is 0.206. The second-order valence-electron chi connectivity index (χ2n) is 2.84. The van der Waals surface area contributed by atoms with E-state index in [9.17, 15) is 4.79 Å². The third kappa shape index (κ3) is 8.57. The molecule has 0 aliphatic carbocycles. The minimum absolute atomic E-state index is 0. The van der Waals surface area contributed by atoms with E-state index in [-0.39, 0.29) is 50.7 Å². The molecule has 0 aromatic rings. The SMILES string of the molecule is [CH2-]CC(=O)OC(C)(C)C.[Y]. The molecule has 0 N–H and O–H groups in total. The van der Waals surface area contributed by atoms with E-state index >= 15 is 0 Å². The minimum Gasteiger partial charge on any atom is -0.462 e. The van der Waals surface area contributed by atoms with Crippen molar-refractivity contribution in [2.24, 2.45) is 0 Å². The first-order valence-corrected chi connectivity index (χ1v) is 2.97. The predicted octanol–water partition coefficient (Wildman–Crippen LogP) is 1.55. The van der Waals surface area contributed by atoms with E-state index in [2.05, 4.69) is 6.92 Å². The van der Waals surface area contributed by atoms with Crippen LogP contribution in [0.2, 0.25) is 0 Å². The molecule has 57 valence electrons. The number of hydrogen-bond acceptors (Lipinski definition) is 2. The molecule has 0 fully saturated rings. The van der Waals surface area contributed by atoms with Crippen LogP contribution in [0, 0.1) is 6.92 Å². The molecule has 0 aromatic heterocycles. The molecular formula is C7H13O2Y-. The van der Waals surface area contributed by atoms with Gasteiger partial charge in [0.1, 0.15) is 5.60 Å². The summed E-state index contributed by atoms with van der Waals surface area (Å²) in [6.45, 7) is 8.90. The standard InChI is InChI=1S/C7H13O2.Y/c1-5-6(8)9-7(2,3)4;/h1,5H2,2-4H3;/q-1;. The van der Waals surface area contributed by atoms with Crippen molar-refractivity contribution in [3.05, 3.63) is 6.92 Å². The summed E-state index contributed by atoms with van der Waals surface area (Å²) in [4.78, 5) is 10.5.